The molecule has 0 spiro atoms. The topological polar surface area (TPSA) is 50.8 Å². The Morgan fingerprint density at radius 2 is 1.64 bits per heavy atom. The van der Waals surface area contributed by atoms with Crippen LogP contribution in [0.15, 0.2) is 48.5 Å². The zero-order valence-corrected chi connectivity index (χ0v) is 17.0. The minimum absolute atomic E-state index is 0.0716. The fourth-order valence-corrected chi connectivity index (χ4v) is 3.83. The van der Waals surface area contributed by atoms with Gasteiger partial charge in [-0.15, -0.1) is 0 Å². The molecule has 1 aliphatic rings. The third-order valence-electron chi connectivity index (χ3n) is 5.56. The number of carbonyl (C=O) groups is 1. The standard InChI is InChI=1S/C23H30N2O3/c1-17-12-14-25(15-13-17)20(18-8-4-6-10-21(18)27-2)16-24-23(26)19-9-5-7-11-22(19)28-3/h4-11,17,20H,12-16H2,1-3H3,(H,24,26). The molecule has 2 aromatic rings. The van der Waals surface area contributed by atoms with Crippen molar-refractivity contribution in [2.24, 2.45) is 5.92 Å². The van der Waals surface area contributed by atoms with E-state index in [1.165, 1.54) is 12.8 Å². The van der Waals surface area contributed by atoms with Crippen molar-refractivity contribution in [2.45, 2.75) is 25.8 Å². The number of methoxy groups -OCH3 is 2. The zero-order valence-electron chi connectivity index (χ0n) is 17.0. The number of rotatable bonds is 7. The van der Waals surface area contributed by atoms with E-state index >= 15 is 0 Å². The average molecular weight is 383 g/mol. The van der Waals surface area contributed by atoms with Crippen LogP contribution < -0.4 is 14.8 Å². The van der Waals surface area contributed by atoms with Crippen LogP contribution in [0.3, 0.4) is 0 Å². The first-order valence-electron chi connectivity index (χ1n) is 9.92. The molecule has 0 bridgehead atoms. The van der Waals surface area contributed by atoms with Crippen LogP contribution in [-0.4, -0.2) is 44.7 Å². The lowest BCUT2D eigenvalue weighted by Crippen LogP contribution is -2.42. The van der Waals surface area contributed by atoms with E-state index in [1.807, 2.05) is 30.3 Å². The molecule has 1 heterocycles. The highest BCUT2D eigenvalue weighted by molar-refractivity contribution is 5.96. The van der Waals surface area contributed by atoms with E-state index in [1.54, 1.807) is 26.4 Å². The van der Waals surface area contributed by atoms with Crippen molar-refractivity contribution in [2.75, 3.05) is 33.9 Å². The molecule has 0 saturated carbocycles. The van der Waals surface area contributed by atoms with Crippen molar-refractivity contribution in [3.8, 4) is 11.5 Å². The maximum atomic E-state index is 12.8. The molecule has 28 heavy (non-hydrogen) atoms. The van der Waals surface area contributed by atoms with E-state index in [2.05, 4.69) is 23.2 Å². The Morgan fingerprint density at radius 1 is 1.04 bits per heavy atom. The van der Waals surface area contributed by atoms with Crippen LogP contribution in [-0.2, 0) is 0 Å². The third-order valence-corrected chi connectivity index (χ3v) is 5.56. The highest BCUT2D eigenvalue weighted by Gasteiger charge is 2.27. The molecule has 1 saturated heterocycles. The molecular formula is C23H30N2O3. The summed E-state index contributed by atoms with van der Waals surface area (Å²) in [5, 5.41) is 3.12. The van der Waals surface area contributed by atoms with Gasteiger partial charge in [0.15, 0.2) is 0 Å². The van der Waals surface area contributed by atoms with Crippen molar-refractivity contribution in [1.82, 2.24) is 10.2 Å². The number of nitrogens with zero attached hydrogens (tertiary/aromatic N) is 1. The van der Waals surface area contributed by atoms with Gasteiger partial charge in [-0.05, 0) is 50.0 Å². The number of ether oxygens (including phenoxy) is 2. The Labute approximate surface area is 167 Å². The largest absolute Gasteiger partial charge is 0.496 e. The summed E-state index contributed by atoms with van der Waals surface area (Å²) in [7, 11) is 3.28. The van der Waals surface area contributed by atoms with Gasteiger partial charge in [0.25, 0.3) is 5.91 Å². The highest BCUT2D eigenvalue weighted by atomic mass is 16.5. The minimum atomic E-state index is -0.122. The number of likely N-dealkylation sites (tertiary alicyclic amines) is 1. The molecule has 5 heteroatoms. The Balaban J connectivity index is 1.80. The summed E-state index contributed by atoms with van der Waals surface area (Å²) in [6, 6.07) is 15.5. The van der Waals surface area contributed by atoms with Gasteiger partial charge in [-0.1, -0.05) is 37.3 Å². The molecule has 150 valence electrons. The van der Waals surface area contributed by atoms with Crippen molar-refractivity contribution in [1.29, 1.82) is 0 Å². The van der Waals surface area contributed by atoms with E-state index in [0.29, 0.717) is 17.9 Å². The number of hydrogen-bond donors (Lipinski definition) is 1. The first kappa shape index (κ1) is 20.2. The molecule has 3 rings (SSSR count). The van der Waals surface area contributed by atoms with Gasteiger partial charge in [-0.2, -0.15) is 0 Å². The lowest BCUT2D eigenvalue weighted by atomic mass is 9.95. The molecule has 0 radical (unpaired) electrons. The number of hydrogen-bond acceptors (Lipinski definition) is 4. The average Bonchev–Trinajstić information content (AvgIpc) is 2.75. The Bertz CT molecular complexity index is 785. The summed E-state index contributed by atoms with van der Waals surface area (Å²) in [5.41, 5.74) is 1.66. The second-order valence-corrected chi connectivity index (χ2v) is 7.39. The SMILES string of the molecule is COc1ccccc1C(=O)NCC(c1ccccc1OC)N1CCC(C)CC1. The van der Waals surface area contributed by atoms with E-state index in [-0.39, 0.29) is 11.9 Å². The maximum Gasteiger partial charge on any atom is 0.255 e. The number of carbonyl (C=O) groups excluding carboxylic acids is 1. The predicted molar refractivity (Wildman–Crippen MR) is 111 cm³/mol. The van der Waals surface area contributed by atoms with E-state index in [4.69, 9.17) is 9.47 Å². The van der Waals surface area contributed by atoms with Gasteiger partial charge >= 0.3 is 0 Å². The molecule has 1 amide bonds. The second-order valence-electron chi connectivity index (χ2n) is 7.39. The number of nitrogens with one attached hydrogen (secondary N) is 1. The molecule has 2 aromatic carbocycles. The first-order chi connectivity index (χ1) is 13.6. The number of amides is 1. The minimum Gasteiger partial charge on any atom is -0.496 e. The van der Waals surface area contributed by atoms with Crippen LogP contribution in [0.4, 0.5) is 0 Å². The lowest BCUT2D eigenvalue weighted by Gasteiger charge is -2.37. The van der Waals surface area contributed by atoms with E-state index in [9.17, 15) is 4.79 Å². The van der Waals surface area contributed by atoms with Gasteiger partial charge in [-0.3, -0.25) is 9.69 Å². The lowest BCUT2D eigenvalue weighted by molar-refractivity contribution is 0.0908. The van der Waals surface area contributed by atoms with Crippen LogP contribution in [0.25, 0.3) is 0 Å². The highest BCUT2D eigenvalue weighted by Crippen LogP contribution is 2.32. The van der Waals surface area contributed by atoms with Crippen LogP contribution in [0.1, 0.15) is 41.7 Å². The molecule has 1 atom stereocenters. The van der Waals surface area contributed by atoms with Crippen LogP contribution >= 0.6 is 0 Å². The molecule has 5 nitrogen and oxygen atoms in total. The van der Waals surface area contributed by atoms with Gasteiger partial charge in [0, 0.05) is 12.1 Å². The fourth-order valence-electron chi connectivity index (χ4n) is 3.83. The van der Waals surface area contributed by atoms with Crippen LogP contribution in [0.5, 0.6) is 11.5 Å². The Kier molecular flexibility index (Phi) is 6.93. The normalized spacial score (nSPS) is 16.4. The van der Waals surface area contributed by atoms with Crippen molar-refractivity contribution in [3.05, 3.63) is 59.7 Å². The molecular weight excluding hydrogens is 352 g/mol. The van der Waals surface area contributed by atoms with E-state index < -0.39 is 0 Å². The molecule has 1 fully saturated rings. The first-order valence-corrected chi connectivity index (χ1v) is 9.92. The molecule has 0 aliphatic carbocycles. The Morgan fingerprint density at radius 3 is 2.32 bits per heavy atom. The third kappa shape index (κ3) is 4.65. The van der Waals surface area contributed by atoms with Crippen LogP contribution in [0.2, 0.25) is 0 Å². The quantitative estimate of drug-likeness (QED) is 0.789. The summed E-state index contributed by atoms with van der Waals surface area (Å²) in [4.78, 5) is 15.3. The smallest absolute Gasteiger partial charge is 0.255 e. The monoisotopic (exact) mass is 382 g/mol. The number of benzene rings is 2. The van der Waals surface area contributed by atoms with Gasteiger partial charge in [0.1, 0.15) is 11.5 Å². The van der Waals surface area contributed by atoms with Crippen molar-refractivity contribution >= 4 is 5.91 Å². The number of para-hydroxylation sites is 2. The van der Waals surface area contributed by atoms with Gasteiger partial charge < -0.3 is 14.8 Å². The molecule has 1 N–H and O–H groups in total. The summed E-state index contributed by atoms with van der Waals surface area (Å²) in [5.74, 6) is 2.07. The molecule has 1 unspecified atom stereocenters. The van der Waals surface area contributed by atoms with E-state index in [0.717, 1.165) is 30.3 Å². The second kappa shape index (κ2) is 9.60. The van der Waals surface area contributed by atoms with Crippen LogP contribution in [0, 0.1) is 5.92 Å². The summed E-state index contributed by atoms with van der Waals surface area (Å²) in [6.45, 7) is 4.87. The van der Waals surface area contributed by atoms with Crippen molar-refractivity contribution in [3.63, 3.8) is 0 Å². The van der Waals surface area contributed by atoms with Gasteiger partial charge in [0.05, 0.1) is 25.8 Å². The maximum absolute atomic E-state index is 12.8. The summed E-state index contributed by atoms with van der Waals surface area (Å²) in [6.07, 6.45) is 2.35. The molecule has 1 aliphatic heterocycles. The Hall–Kier alpha value is -2.53. The fraction of sp³-hybridized carbons (Fsp3) is 0.435. The summed E-state index contributed by atoms with van der Waals surface area (Å²) < 4.78 is 10.9. The molecule has 0 aromatic heterocycles. The van der Waals surface area contributed by atoms with Crippen molar-refractivity contribution < 1.29 is 14.3 Å². The predicted octanol–water partition coefficient (Wildman–Crippen LogP) is 3.91. The number of piperidine rings is 1. The van der Waals surface area contributed by atoms with Gasteiger partial charge in [-0.25, -0.2) is 0 Å². The zero-order chi connectivity index (χ0) is 19.9. The van der Waals surface area contributed by atoms with Gasteiger partial charge in [0.2, 0.25) is 0 Å². The summed E-state index contributed by atoms with van der Waals surface area (Å²) >= 11 is 0.